The van der Waals surface area contributed by atoms with Crippen LogP contribution in [0.3, 0.4) is 0 Å². The summed E-state index contributed by atoms with van der Waals surface area (Å²) in [4.78, 5) is 27.6. The van der Waals surface area contributed by atoms with Crippen LogP contribution in [0.15, 0.2) is 47.3 Å². The molecule has 3 aromatic rings. The molecule has 0 saturated carbocycles. The lowest BCUT2D eigenvalue weighted by molar-refractivity contribution is 0.0948. The second-order valence-electron chi connectivity index (χ2n) is 5.80. The van der Waals surface area contributed by atoms with E-state index in [9.17, 15) is 9.59 Å². The Bertz CT molecular complexity index is 1040. The van der Waals surface area contributed by atoms with Crippen LogP contribution in [0.25, 0.3) is 10.9 Å². The summed E-state index contributed by atoms with van der Waals surface area (Å²) >= 11 is 0. The first-order valence-electron chi connectivity index (χ1n) is 8.26. The van der Waals surface area contributed by atoms with Gasteiger partial charge in [0.05, 0.1) is 32.4 Å². The molecular weight excluding hydrogens is 348 g/mol. The van der Waals surface area contributed by atoms with Crippen LogP contribution in [0.2, 0.25) is 0 Å². The summed E-state index contributed by atoms with van der Waals surface area (Å²) in [5, 5.41) is 3.52. The minimum Gasteiger partial charge on any atom is -0.496 e. The first-order valence-corrected chi connectivity index (χ1v) is 8.26. The molecule has 0 radical (unpaired) electrons. The van der Waals surface area contributed by atoms with Crippen molar-refractivity contribution in [2.24, 2.45) is 0 Å². The Kier molecular flexibility index (Phi) is 5.30. The third-order valence-corrected chi connectivity index (χ3v) is 4.22. The second kappa shape index (κ2) is 7.82. The summed E-state index contributed by atoms with van der Waals surface area (Å²) in [6, 6.07) is 12.1. The zero-order valence-corrected chi connectivity index (χ0v) is 15.3. The number of amides is 1. The summed E-state index contributed by atoms with van der Waals surface area (Å²) in [5.74, 6) is 1.23. The number of rotatable bonds is 6. The van der Waals surface area contributed by atoms with Crippen molar-refractivity contribution in [3.05, 3.63) is 63.9 Å². The van der Waals surface area contributed by atoms with E-state index in [2.05, 4.69) is 10.3 Å². The highest BCUT2D eigenvalue weighted by atomic mass is 16.5. The molecule has 7 heteroatoms. The third kappa shape index (κ3) is 3.72. The number of hydrogen-bond donors (Lipinski definition) is 2. The van der Waals surface area contributed by atoms with Crippen LogP contribution in [-0.4, -0.2) is 32.2 Å². The normalized spacial score (nSPS) is 10.5. The molecule has 0 unspecified atom stereocenters. The van der Waals surface area contributed by atoms with E-state index in [1.165, 1.54) is 14.2 Å². The van der Waals surface area contributed by atoms with Crippen molar-refractivity contribution in [3.8, 4) is 17.2 Å². The molecule has 0 aliphatic rings. The van der Waals surface area contributed by atoms with Gasteiger partial charge >= 0.3 is 0 Å². The van der Waals surface area contributed by atoms with E-state index in [0.717, 1.165) is 5.39 Å². The van der Waals surface area contributed by atoms with Crippen molar-refractivity contribution in [2.45, 2.75) is 6.54 Å². The first kappa shape index (κ1) is 18.3. The van der Waals surface area contributed by atoms with Crippen molar-refractivity contribution in [3.63, 3.8) is 0 Å². The number of ether oxygens (including phenoxy) is 3. The second-order valence-corrected chi connectivity index (χ2v) is 5.80. The van der Waals surface area contributed by atoms with E-state index in [4.69, 9.17) is 14.2 Å². The number of pyridine rings is 1. The van der Waals surface area contributed by atoms with E-state index in [1.807, 2.05) is 0 Å². The fourth-order valence-electron chi connectivity index (χ4n) is 2.81. The number of carbonyl (C=O) groups is 1. The number of nitrogens with one attached hydrogen (secondary N) is 2. The van der Waals surface area contributed by atoms with Gasteiger partial charge in [0.1, 0.15) is 5.75 Å². The van der Waals surface area contributed by atoms with Gasteiger partial charge in [-0.2, -0.15) is 0 Å². The molecule has 140 valence electrons. The first-order chi connectivity index (χ1) is 13.1. The van der Waals surface area contributed by atoms with Crippen LogP contribution < -0.4 is 25.1 Å². The number of para-hydroxylation sites is 1. The van der Waals surface area contributed by atoms with Crippen LogP contribution in [0.1, 0.15) is 15.9 Å². The van der Waals surface area contributed by atoms with Crippen LogP contribution in [0.5, 0.6) is 17.2 Å². The topological polar surface area (TPSA) is 89.6 Å². The highest BCUT2D eigenvalue weighted by Gasteiger charge is 2.13. The Morgan fingerprint density at radius 2 is 1.63 bits per heavy atom. The maximum Gasteiger partial charge on any atom is 0.255 e. The van der Waals surface area contributed by atoms with Gasteiger partial charge in [-0.05, 0) is 24.3 Å². The molecule has 3 rings (SSSR count). The van der Waals surface area contributed by atoms with Gasteiger partial charge in [-0.1, -0.05) is 12.1 Å². The van der Waals surface area contributed by atoms with Crippen molar-refractivity contribution >= 4 is 16.8 Å². The smallest absolute Gasteiger partial charge is 0.255 e. The number of H-pyrrole nitrogens is 1. The molecule has 1 heterocycles. The fourth-order valence-corrected chi connectivity index (χ4v) is 2.81. The van der Waals surface area contributed by atoms with Crippen LogP contribution in [0, 0.1) is 0 Å². The Balaban J connectivity index is 1.87. The largest absolute Gasteiger partial charge is 0.496 e. The number of benzene rings is 2. The zero-order chi connectivity index (χ0) is 19.4. The van der Waals surface area contributed by atoms with Crippen molar-refractivity contribution in [1.29, 1.82) is 0 Å². The lowest BCUT2D eigenvalue weighted by atomic mass is 10.1. The summed E-state index contributed by atoms with van der Waals surface area (Å²) < 4.78 is 15.7. The predicted molar refractivity (Wildman–Crippen MR) is 102 cm³/mol. The van der Waals surface area contributed by atoms with E-state index < -0.39 is 0 Å². The Hall–Kier alpha value is -3.48. The quantitative estimate of drug-likeness (QED) is 0.698. The van der Waals surface area contributed by atoms with Gasteiger partial charge in [0.15, 0.2) is 11.5 Å². The lowest BCUT2D eigenvalue weighted by Crippen LogP contribution is -2.27. The molecule has 2 aromatic carbocycles. The predicted octanol–water partition coefficient (Wildman–Crippen LogP) is 2.48. The Morgan fingerprint density at radius 3 is 2.33 bits per heavy atom. The summed E-state index contributed by atoms with van der Waals surface area (Å²) in [5.41, 5.74) is 1.18. The number of aromatic amines is 1. The molecule has 0 aliphatic heterocycles. The SMILES string of the molecule is COc1cc2cc(CNC(=O)c3ccccc3OC)c(=O)[nH]c2cc1OC. The van der Waals surface area contributed by atoms with E-state index >= 15 is 0 Å². The molecule has 0 saturated heterocycles. The van der Waals surface area contributed by atoms with Gasteiger partial charge in [0, 0.05) is 23.6 Å². The van der Waals surface area contributed by atoms with Crippen molar-refractivity contribution in [1.82, 2.24) is 10.3 Å². The highest BCUT2D eigenvalue weighted by Crippen LogP contribution is 2.31. The van der Waals surface area contributed by atoms with Gasteiger partial charge in [-0.25, -0.2) is 0 Å². The van der Waals surface area contributed by atoms with Gasteiger partial charge < -0.3 is 24.5 Å². The number of hydrogen-bond acceptors (Lipinski definition) is 5. The number of methoxy groups -OCH3 is 3. The average molecular weight is 368 g/mol. The molecular formula is C20H20N2O5. The minimum absolute atomic E-state index is 0.0799. The molecule has 0 bridgehead atoms. The standard InChI is InChI=1S/C20H20N2O5/c1-25-16-7-5-4-6-14(16)20(24)21-11-13-8-12-9-17(26-2)18(27-3)10-15(12)22-19(13)23/h4-10H,11H2,1-3H3,(H,21,24)(H,22,23). The van der Waals surface area contributed by atoms with Crippen molar-refractivity contribution < 1.29 is 19.0 Å². The lowest BCUT2D eigenvalue weighted by Gasteiger charge is -2.11. The average Bonchev–Trinajstić information content (AvgIpc) is 2.70. The van der Waals surface area contributed by atoms with E-state index in [-0.39, 0.29) is 18.0 Å². The fraction of sp³-hybridized carbons (Fsp3) is 0.200. The Morgan fingerprint density at radius 1 is 0.963 bits per heavy atom. The summed E-state index contributed by atoms with van der Waals surface area (Å²) in [6.45, 7) is 0.0799. The number of fused-ring (bicyclic) bond motifs is 1. The minimum atomic E-state index is -0.320. The molecule has 7 nitrogen and oxygen atoms in total. The monoisotopic (exact) mass is 368 g/mol. The van der Waals surface area contributed by atoms with Crippen LogP contribution in [-0.2, 0) is 6.54 Å². The molecule has 27 heavy (non-hydrogen) atoms. The number of carbonyl (C=O) groups excluding carboxylic acids is 1. The molecule has 0 fully saturated rings. The van der Waals surface area contributed by atoms with Crippen LogP contribution >= 0.6 is 0 Å². The van der Waals surface area contributed by atoms with Gasteiger partial charge in [0.25, 0.3) is 11.5 Å². The summed E-state index contributed by atoms with van der Waals surface area (Å²) in [6.07, 6.45) is 0. The molecule has 0 atom stereocenters. The Labute approximate surface area is 155 Å². The highest BCUT2D eigenvalue weighted by molar-refractivity contribution is 5.96. The molecule has 2 N–H and O–H groups in total. The maximum absolute atomic E-state index is 12.4. The molecule has 0 spiro atoms. The van der Waals surface area contributed by atoms with Gasteiger partial charge in [-0.3, -0.25) is 9.59 Å². The molecule has 1 amide bonds. The number of aromatic nitrogens is 1. The summed E-state index contributed by atoms with van der Waals surface area (Å²) in [7, 11) is 4.58. The maximum atomic E-state index is 12.4. The zero-order valence-electron chi connectivity index (χ0n) is 15.3. The van der Waals surface area contributed by atoms with Gasteiger partial charge in [0.2, 0.25) is 0 Å². The van der Waals surface area contributed by atoms with Crippen molar-refractivity contribution in [2.75, 3.05) is 21.3 Å². The van der Waals surface area contributed by atoms with E-state index in [0.29, 0.717) is 33.9 Å². The van der Waals surface area contributed by atoms with E-state index in [1.54, 1.807) is 49.6 Å². The molecule has 0 aliphatic carbocycles. The van der Waals surface area contributed by atoms with Crippen LogP contribution in [0.4, 0.5) is 0 Å². The van der Waals surface area contributed by atoms with Gasteiger partial charge in [-0.15, -0.1) is 0 Å². The third-order valence-electron chi connectivity index (χ3n) is 4.22. The molecule has 1 aromatic heterocycles.